The summed E-state index contributed by atoms with van der Waals surface area (Å²) in [5.41, 5.74) is 0. The zero-order chi connectivity index (χ0) is 8.53. The van der Waals surface area contributed by atoms with Crippen LogP contribution in [0.1, 0.15) is 33.1 Å². The van der Waals surface area contributed by atoms with Crippen LogP contribution in [0.25, 0.3) is 0 Å². The molecule has 0 aromatic rings. The Kier molecular flexibility index (Phi) is 6.89. The molecular formula is C8H16NO2. The van der Waals surface area contributed by atoms with E-state index < -0.39 is 0 Å². The molecule has 65 valence electrons. The summed E-state index contributed by atoms with van der Waals surface area (Å²) >= 11 is 0. The number of hydrogen-bond donors (Lipinski definition) is 1. The Hall–Kier alpha value is -0.730. The van der Waals surface area contributed by atoms with E-state index >= 15 is 0 Å². The molecule has 0 saturated carbocycles. The Balaban J connectivity index is 3.09. The molecule has 3 nitrogen and oxygen atoms in total. The SMILES string of the molecule is CC[CH]OC(=O)NCCCC. The molecule has 0 spiro atoms. The molecule has 1 amide bonds. The lowest BCUT2D eigenvalue weighted by molar-refractivity contribution is 0.170. The molecule has 3 heteroatoms. The maximum atomic E-state index is 10.7. The molecule has 1 radical (unpaired) electrons. The van der Waals surface area contributed by atoms with Crippen molar-refractivity contribution in [1.29, 1.82) is 0 Å². The van der Waals surface area contributed by atoms with Gasteiger partial charge in [-0.2, -0.15) is 0 Å². The summed E-state index contributed by atoms with van der Waals surface area (Å²) in [5.74, 6) is 0. The number of hydrogen-bond acceptors (Lipinski definition) is 2. The molecule has 0 rings (SSSR count). The molecule has 0 atom stereocenters. The molecule has 11 heavy (non-hydrogen) atoms. The van der Waals surface area contributed by atoms with Crippen LogP contribution >= 0.6 is 0 Å². The standard InChI is InChI=1S/C8H16NO2/c1-3-5-6-9-8(10)11-7-4-2/h7H,3-6H2,1-2H3,(H,9,10). The number of unbranched alkanes of at least 4 members (excludes halogenated alkanes) is 1. The minimum Gasteiger partial charge on any atom is -0.442 e. The summed E-state index contributed by atoms with van der Waals surface area (Å²) in [7, 11) is 0. The summed E-state index contributed by atoms with van der Waals surface area (Å²) in [6, 6.07) is 0. The van der Waals surface area contributed by atoms with Crippen LogP contribution in [0, 0.1) is 6.61 Å². The highest BCUT2D eigenvalue weighted by atomic mass is 16.5. The van der Waals surface area contributed by atoms with Crippen LogP contribution in [-0.4, -0.2) is 12.6 Å². The number of carbonyl (C=O) groups is 1. The third kappa shape index (κ3) is 7.16. The second-order valence-corrected chi connectivity index (χ2v) is 2.26. The first kappa shape index (κ1) is 10.3. The molecule has 0 saturated heterocycles. The van der Waals surface area contributed by atoms with Crippen LogP contribution in [0.5, 0.6) is 0 Å². The quantitative estimate of drug-likeness (QED) is 0.622. The van der Waals surface area contributed by atoms with Crippen LogP contribution in [0.3, 0.4) is 0 Å². The molecule has 1 N–H and O–H groups in total. The van der Waals surface area contributed by atoms with Crippen LogP contribution in [0.4, 0.5) is 4.79 Å². The first-order valence-electron chi connectivity index (χ1n) is 4.07. The fourth-order valence-corrected chi connectivity index (χ4v) is 0.568. The van der Waals surface area contributed by atoms with E-state index in [0.29, 0.717) is 6.54 Å². The van der Waals surface area contributed by atoms with Crippen molar-refractivity contribution in [3.05, 3.63) is 6.61 Å². The van der Waals surface area contributed by atoms with Gasteiger partial charge >= 0.3 is 6.09 Å². The maximum absolute atomic E-state index is 10.7. The minimum absolute atomic E-state index is 0.347. The van der Waals surface area contributed by atoms with E-state index in [4.69, 9.17) is 0 Å². The molecule has 0 heterocycles. The summed E-state index contributed by atoms with van der Waals surface area (Å²) in [4.78, 5) is 10.7. The molecule has 0 aliphatic carbocycles. The van der Waals surface area contributed by atoms with Crippen molar-refractivity contribution in [2.24, 2.45) is 0 Å². The van der Waals surface area contributed by atoms with E-state index in [1.54, 1.807) is 0 Å². The lowest BCUT2D eigenvalue weighted by Crippen LogP contribution is -2.24. The predicted molar refractivity (Wildman–Crippen MR) is 44.0 cm³/mol. The normalized spacial score (nSPS) is 9.27. The zero-order valence-corrected chi connectivity index (χ0v) is 7.22. The van der Waals surface area contributed by atoms with Crippen LogP contribution in [-0.2, 0) is 4.74 Å². The maximum Gasteiger partial charge on any atom is 0.407 e. The fraction of sp³-hybridized carbons (Fsp3) is 0.750. The second-order valence-electron chi connectivity index (χ2n) is 2.26. The number of carbonyl (C=O) groups excluding carboxylic acids is 1. The summed E-state index contributed by atoms with van der Waals surface area (Å²) in [5, 5.41) is 2.63. The van der Waals surface area contributed by atoms with E-state index in [9.17, 15) is 4.79 Å². The van der Waals surface area contributed by atoms with Crippen molar-refractivity contribution in [2.75, 3.05) is 6.54 Å². The van der Waals surface area contributed by atoms with Crippen molar-refractivity contribution in [1.82, 2.24) is 5.32 Å². The van der Waals surface area contributed by atoms with E-state index in [2.05, 4.69) is 17.0 Å². The van der Waals surface area contributed by atoms with Gasteiger partial charge in [-0.3, -0.25) is 0 Å². The Morgan fingerprint density at radius 3 is 2.82 bits per heavy atom. The summed E-state index contributed by atoms with van der Waals surface area (Å²) < 4.78 is 4.66. The van der Waals surface area contributed by atoms with Gasteiger partial charge in [0.2, 0.25) is 0 Å². The molecule has 0 fully saturated rings. The van der Waals surface area contributed by atoms with E-state index in [0.717, 1.165) is 19.3 Å². The number of ether oxygens (including phenoxy) is 1. The summed E-state index contributed by atoms with van der Waals surface area (Å²) in [6.45, 7) is 6.18. The van der Waals surface area contributed by atoms with Crippen LogP contribution in [0.2, 0.25) is 0 Å². The largest absolute Gasteiger partial charge is 0.442 e. The van der Waals surface area contributed by atoms with Crippen molar-refractivity contribution in [3.8, 4) is 0 Å². The lowest BCUT2D eigenvalue weighted by Gasteiger charge is -2.03. The van der Waals surface area contributed by atoms with Crippen molar-refractivity contribution in [3.63, 3.8) is 0 Å². The highest BCUT2D eigenvalue weighted by Crippen LogP contribution is 1.89. The Labute approximate surface area is 68.1 Å². The third-order valence-electron chi connectivity index (χ3n) is 1.16. The highest BCUT2D eigenvalue weighted by Gasteiger charge is 1.97. The Bertz CT molecular complexity index is 104. The monoisotopic (exact) mass is 158 g/mol. The van der Waals surface area contributed by atoms with E-state index in [-0.39, 0.29) is 6.09 Å². The average Bonchev–Trinajstić information content (AvgIpc) is 2.01. The Morgan fingerprint density at radius 1 is 1.55 bits per heavy atom. The number of rotatable bonds is 5. The van der Waals surface area contributed by atoms with E-state index in [1.807, 2.05) is 6.92 Å². The smallest absolute Gasteiger partial charge is 0.407 e. The van der Waals surface area contributed by atoms with Crippen molar-refractivity contribution in [2.45, 2.75) is 33.1 Å². The van der Waals surface area contributed by atoms with Gasteiger partial charge in [0.15, 0.2) is 0 Å². The van der Waals surface area contributed by atoms with Gasteiger partial charge in [0, 0.05) is 6.54 Å². The summed E-state index contributed by atoms with van der Waals surface area (Å²) in [6.07, 6.45) is 2.49. The predicted octanol–water partition coefficient (Wildman–Crippen LogP) is 2.08. The van der Waals surface area contributed by atoms with Gasteiger partial charge in [-0.05, 0) is 12.8 Å². The van der Waals surface area contributed by atoms with Crippen LogP contribution in [0.15, 0.2) is 0 Å². The van der Waals surface area contributed by atoms with Crippen molar-refractivity contribution >= 4 is 6.09 Å². The average molecular weight is 158 g/mol. The molecule has 0 aliphatic rings. The number of nitrogens with one attached hydrogen (secondary N) is 1. The van der Waals surface area contributed by atoms with Gasteiger partial charge in [0.1, 0.15) is 6.61 Å². The van der Waals surface area contributed by atoms with Gasteiger partial charge in [0.25, 0.3) is 0 Å². The van der Waals surface area contributed by atoms with Crippen LogP contribution < -0.4 is 5.32 Å². The van der Waals surface area contributed by atoms with Gasteiger partial charge in [0.05, 0.1) is 0 Å². The van der Waals surface area contributed by atoms with Gasteiger partial charge in [-0.25, -0.2) is 4.79 Å². The van der Waals surface area contributed by atoms with Gasteiger partial charge < -0.3 is 10.1 Å². The third-order valence-corrected chi connectivity index (χ3v) is 1.16. The second kappa shape index (κ2) is 7.38. The lowest BCUT2D eigenvalue weighted by atomic mass is 10.3. The Morgan fingerprint density at radius 2 is 2.27 bits per heavy atom. The molecule has 0 bridgehead atoms. The number of amides is 1. The van der Waals surface area contributed by atoms with Crippen molar-refractivity contribution < 1.29 is 9.53 Å². The molecule has 0 aliphatic heterocycles. The van der Waals surface area contributed by atoms with E-state index in [1.165, 1.54) is 6.61 Å². The molecular weight excluding hydrogens is 142 g/mol. The molecule has 0 aromatic heterocycles. The number of alkyl carbamates (subject to hydrolysis) is 1. The molecule has 0 unspecified atom stereocenters. The first-order valence-corrected chi connectivity index (χ1v) is 4.07. The highest BCUT2D eigenvalue weighted by molar-refractivity contribution is 5.67. The first-order chi connectivity index (χ1) is 5.31. The van der Waals surface area contributed by atoms with Gasteiger partial charge in [-0.15, -0.1) is 0 Å². The van der Waals surface area contributed by atoms with Gasteiger partial charge in [-0.1, -0.05) is 20.3 Å². The fourth-order valence-electron chi connectivity index (χ4n) is 0.568. The molecule has 0 aromatic carbocycles. The minimum atomic E-state index is -0.347. The topological polar surface area (TPSA) is 38.3 Å². The zero-order valence-electron chi connectivity index (χ0n) is 7.22.